The standard InChI is InChI=1S/C11H19BrN2O/c1-8(12)7-14-11(15)10-4-2-9(6-13)3-5-10/h9-10H,1-7,13H2,(H,14,15). The Morgan fingerprint density at radius 2 is 2.00 bits per heavy atom. The molecule has 0 saturated heterocycles. The molecule has 86 valence electrons. The summed E-state index contributed by atoms with van der Waals surface area (Å²) in [7, 11) is 0. The van der Waals surface area contributed by atoms with Gasteiger partial charge in [0.15, 0.2) is 0 Å². The van der Waals surface area contributed by atoms with Gasteiger partial charge in [-0.15, -0.1) is 0 Å². The Bertz CT molecular complexity index is 235. The number of hydrogen-bond acceptors (Lipinski definition) is 2. The Morgan fingerprint density at radius 1 is 1.40 bits per heavy atom. The van der Waals surface area contributed by atoms with Crippen molar-refractivity contribution in [1.82, 2.24) is 5.32 Å². The van der Waals surface area contributed by atoms with E-state index in [1.54, 1.807) is 0 Å². The molecule has 0 aromatic heterocycles. The number of nitrogens with two attached hydrogens (primary N) is 1. The molecular formula is C11H19BrN2O. The van der Waals surface area contributed by atoms with E-state index in [0.29, 0.717) is 12.5 Å². The first-order valence-electron chi connectivity index (χ1n) is 5.44. The lowest BCUT2D eigenvalue weighted by molar-refractivity contribution is -0.125. The second-order valence-electron chi connectivity index (χ2n) is 4.19. The molecule has 3 N–H and O–H groups in total. The Morgan fingerprint density at radius 3 is 2.47 bits per heavy atom. The van der Waals surface area contributed by atoms with Crippen LogP contribution in [-0.4, -0.2) is 19.0 Å². The second-order valence-corrected chi connectivity index (χ2v) is 5.31. The monoisotopic (exact) mass is 274 g/mol. The van der Waals surface area contributed by atoms with Gasteiger partial charge in [-0.05, 0) is 38.1 Å². The molecule has 1 aliphatic rings. The third-order valence-electron chi connectivity index (χ3n) is 3.01. The predicted molar refractivity (Wildman–Crippen MR) is 65.6 cm³/mol. The van der Waals surface area contributed by atoms with Crippen LogP contribution in [0.15, 0.2) is 11.1 Å². The highest BCUT2D eigenvalue weighted by Crippen LogP contribution is 2.28. The van der Waals surface area contributed by atoms with Crippen LogP contribution in [0.5, 0.6) is 0 Å². The van der Waals surface area contributed by atoms with E-state index in [9.17, 15) is 4.79 Å². The summed E-state index contributed by atoms with van der Waals surface area (Å²) in [5.41, 5.74) is 5.60. The average molecular weight is 275 g/mol. The summed E-state index contributed by atoms with van der Waals surface area (Å²) in [6.45, 7) is 4.96. The van der Waals surface area contributed by atoms with Gasteiger partial charge in [-0.2, -0.15) is 0 Å². The molecular weight excluding hydrogens is 256 g/mol. The van der Waals surface area contributed by atoms with E-state index in [-0.39, 0.29) is 11.8 Å². The number of carbonyl (C=O) groups excluding carboxylic acids is 1. The normalized spacial score (nSPS) is 26.0. The Labute approximate surface area is 99.6 Å². The van der Waals surface area contributed by atoms with Gasteiger partial charge in [-0.3, -0.25) is 4.79 Å². The molecule has 1 saturated carbocycles. The third-order valence-corrected chi connectivity index (χ3v) is 3.29. The largest absolute Gasteiger partial charge is 0.351 e. The molecule has 0 bridgehead atoms. The van der Waals surface area contributed by atoms with Gasteiger partial charge in [-0.1, -0.05) is 22.5 Å². The fraction of sp³-hybridized carbons (Fsp3) is 0.727. The topological polar surface area (TPSA) is 55.1 Å². The van der Waals surface area contributed by atoms with Crippen LogP contribution in [0, 0.1) is 11.8 Å². The molecule has 1 aliphatic carbocycles. The molecule has 3 nitrogen and oxygen atoms in total. The van der Waals surface area contributed by atoms with Crippen molar-refractivity contribution in [1.29, 1.82) is 0 Å². The molecule has 0 aliphatic heterocycles. The van der Waals surface area contributed by atoms with Crippen molar-refractivity contribution in [3.63, 3.8) is 0 Å². The van der Waals surface area contributed by atoms with Gasteiger partial charge in [0.05, 0.1) is 0 Å². The minimum Gasteiger partial charge on any atom is -0.351 e. The molecule has 0 aromatic rings. The third kappa shape index (κ3) is 4.34. The highest BCUT2D eigenvalue weighted by molar-refractivity contribution is 9.11. The van der Waals surface area contributed by atoms with E-state index in [4.69, 9.17) is 5.73 Å². The Kier molecular flexibility index (Phi) is 5.32. The van der Waals surface area contributed by atoms with Crippen LogP contribution in [0.1, 0.15) is 25.7 Å². The maximum atomic E-state index is 11.7. The number of hydrogen-bond donors (Lipinski definition) is 2. The SMILES string of the molecule is C=C(Br)CNC(=O)C1CCC(CN)CC1. The first-order valence-corrected chi connectivity index (χ1v) is 6.23. The number of halogens is 1. The fourth-order valence-electron chi connectivity index (χ4n) is 1.99. The number of rotatable bonds is 4. The molecule has 0 unspecified atom stereocenters. The average Bonchev–Trinajstić information content (AvgIpc) is 2.26. The Balaban J connectivity index is 2.27. The summed E-state index contributed by atoms with van der Waals surface area (Å²) in [4.78, 5) is 11.7. The molecule has 1 rings (SSSR count). The van der Waals surface area contributed by atoms with Gasteiger partial charge in [0.1, 0.15) is 0 Å². The maximum Gasteiger partial charge on any atom is 0.223 e. The predicted octanol–water partition coefficient (Wildman–Crippen LogP) is 1.78. The van der Waals surface area contributed by atoms with Gasteiger partial charge in [0.2, 0.25) is 5.91 Å². The molecule has 0 aromatic carbocycles. The molecule has 0 spiro atoms. The van der Waals surface area contributed by atoms with E-state index < -0.39 is 0 Å². The first-order chi connectivity index (χ1) is 7.13. The quantitative estimate of drug-likeness (QED) is 0.821. The fourth-order valence-corrected chi connectivity index (χ4v) is 2.13. The van der Waals surface area contributed by atoms with Crippen molar-refractivity contribution >= 4 is 21.8 Å². The van der Waals surface area contributed by atoms with E-state index in [0.717, 1.165) is 36.7 Å². The summed E-state index contributed by atoms with van der Waals surface area (Å²) in [5.74, 6) is 0.964. The molecule has 0 atom stereocenters. The maximum absolute atomic E-state index is 11.7. The zero-order chi connectivity index (χ0) is 11.3. The summed E-state index contributed by atoms with van der Waals surface area (Å²) in [6, 6.07) is 0. The molecule has 1 amide bonds. The van der Waals surface area contributed by atoms with Crippen LogP contribution in [0.25, 0.3) is 0 Å². The van der Waals surface area contributed by atoms with Crippen LogP contribution in [0.2, 0.25) is 0 Å². The highest BCUT2D eigenvalue weighted by atomic mass is 79.9. The molecule has 15 heavy (non-hydrogen) atoms. The second kappa shape index (κ2) is 6.28. The van der Waals surface area contributed by atoms with Crippen molar-refractivity contribution in [3.05, 3.63) is 11.1 Å². The lowest BCUT2D eigenvalue weighted by Crippen LogP contribution is -2.34. The summed E-state index contributed by atoms with van der Waals surface area (Å²) in [5, 5.41) is 2.87. The van der Waals surface area contributed by atoms with E-state index in [2.05, 4.69) is 27.8 Å². The van der Waals surface area contributed by atoms with E-state index in [1.165, 1.54) is 0 Å². The molecule has 0 radical (unpaired) electrons. The van der Waals surface area contributed by atoms with Crippen LogP contribution in [0.4, 0.5) is 0 Å². The van der Waals surface area contributed by atoms with Crippen molar-refractivity contribution in [3.8, 4) is 0 Å². The lowest BCUT2D eigenvalue weighted by Gasteiger charge is -2.26. The molecule has 0 heterocycles. The van der Waals surface area contributed by atoms with Crippen molar-refractivity contribution in [2.75, 3.05) is 13.1 Å². The van der Waals surface area contributed by atoms with Crippen molar-refractivity contribution < 1.29 is 4.79 Å². The minimum atomic E-state index is 0.158. The van der Waals surface area contributed by atoms with Crippen LogP contribution >= 0.6 is 15.9 Å². The Hall–Kier alpha value is -0.350. The zero-order valence-electron chi connectivity index (χ0n) is 8.97. The molecule has 1 fully saturated rings. The van der Waals surface area contributed by atoms with Gasteiger partial charge >= 0.3 is 0 Å². The smallest absolute Gasteiger partial charge is 0.223 e. The summed E-state index contributed by atoms with van der Waals surface area (Å²) in [6.07, 6.45) is 4.12. The van der Waals surface area contributed by atoms with Crippen molar-refractivity contribution in [2.24, 2.45) is 17.6 Å². The summed E-state index contributed by atoms with van der Waals surface area (Å²) < 4.78 is 0.812. The van der Waals surface area contributed by atoms with Gasteiger partial charge in [-0.25, -0.2) is 0 Å². The molecule has 4 heteroatoms. The summed E-state index contributed by atoms with van der Waals surface area (Å²) >= 11 is 3.22. The van der Waals surface area contributed by atoms with E-state index >= 15 is 0 Å². The van der Waals surface area contributed by atoms with Crippen LogP contribution in [-0.2, 0) is 4.79 Å². The van der Waals surface area contributed by atoms with Crippen molar-refractivity contribution in [2.45, 2.75) is 25.7 Å². The van der Waals surface area contributed by atoms with E-state index in [1.807, 2.05) is 0 Å². The van der Waals surface area contributed by atoms with Gasteiger partial charge < -0.3 is 11.1 Å². The number of amides is 1. The highest BCUT2D eigenvalue weighted by Gasteiger charge is 2.25. The number of nitrogens with one attached hydrogen (secondary N) is 1. The number of carbonyl (C=O) groups is 1. The minimum absolute atomic E-state index is 0.158. The first kappa shape index (κ1) is 12.7. The zero-order valence-corrected chi connectivity index (χ0v) is 10.6. The van der Waals surface area contributed by atoms with Gasteiger partial charge in [0, 0.05) is 16.9 Å². The lowest BCUT2D eigenvalue weighted by atomic mass is 9.81. The van der Waals surface area contributed by atoms with Crippen LogP contribution < -0.4 is 11.1 Å². The van der Waals surface area contributed by atoms with Gasteiger partial charge in [0.25, 0.3) is 0 Å². The van der Waals surface area contributed by atoms with Crippen LogP contribution in [0.3, 0.4) is 0 Å².